The third kappa shape index (κ3) is 4.35. The van der Waals surface area contributed by atoms with Gasteiger partial charge in [0.15, 0.2) is 9.84 Å². The molecule has 36 heavy (non-hydrogen) atoms. The van der Waals surface area contributed by atoms with Crippen LogP contribution in [0, 0.1) is 5.92 Å². The van der Waals surface area contributed by atoms with Gasteiger partial charge in [0.25, 0.3) is 0 Å². The largest absolute Gasteiger partial charge is 0.346 e. The third-order valence-electron chi connectivity index (χ3n) is 7.95. The summed E-state index contributed by atoms with van der Waals surface area (Å²) in [6.45, 7) is 4.66. The van der Waals surface area contributed by atoms with Gasteiger partial charge in [-0.25, -0.2) is 13.4 Å². The summed E-state index contributed by atoms with van der Waals surface area (Å²) in [7, 11) is -2.98. The fraction of sp³-hybridized carbons (Fsp3) is 0.462. The Morgan fingerprint density at radius 1 is 1.22 bits per heavy atom. The molecule has 190 valence electrons. The molecule has 10 heteroatoms. The zero-order valence-corrected chi connectivity index (χ0v) is 22.0. The molecule has 1 N–H and O–H groups in total. The van der Waals surface area contributed by atoms with Crippen LogP contribution in [0.25, 0.3) is 21.9 Å². The number of fused-ring (bicyclic) bond motifs is 3. The van der Waals surface area contributed by atoms with Crippen molar-refractivity contribution in [2.45, 2.75) is 31.8 Å². The summed E-state index contributed by atoms with van der Waals surface area (Å²) in [6.07, 6.45) is 7.29. The first kappa shape index (κ1) is 23.7. The van der Waals surface area contributed by atoms with Crippen molar-refractivity contribution in [1.82, 2.24) is 24.3 Å². The first-order chi connectivity index (χ1) is 17.4. The van der Waals surface area contributed by atoms with Crippen LogP contribution in [0.2, 0.25) is 0 Å². The molecule has 0 spiro atoms. The zero-order valence-electron chi connectivity index (χ0n) is 20.3. The van der Waals surface area contributed by atoms with Crippen molar-refractivity contribution in [3.05, 3.63) is 53.1 Å². The molecule has 0 radical (unpaired) electrons. The summed E-state index contributed by atoms with van der Waals surface area (Å²) < 4.78 is 26.3. The number of H-pyrrole nitrogens is 1. The number of rotatable bonds is 5. The molecular weight excluding hydrogens is 494 g/mol. The number of sulfone groups is 1. The molecule has 1 amide bonds. The van der Waals surface area contributed by atoms with E-state index in [1.807, 2.05) is 28.7 Å². The number of nitrogens with one attached hydrogen (secondary N) is 1. The molecule has 2 aliphatic heterocycles. The van der Waals surface area contributed by atoms with E-state index in [1.54, 1.807) is 11.3 Å². The molecule has 6 rings (SSSR count). The number of likely N-dealkylation sites (tertiary alicyclic amines) is 1. The Bertz CT molecular complexity index is 1480. The number of hydrogen-bond donors (Lipinski definition) is 1. The minimum absolute atomic E-state index is 0.0798. The fourth-order valence-corrected chi connectivity index (χ4v) is 7.88. The van der Waals surface area contributed by atoms with Gasteiger partial charge in [-0.05, 0) is 35.9 Å². The van der Waals surface area contributed by atoms with Gasteiger partial charge in [-0.15, -0.1) is 11.3 Å². The van der Waals surface area contributed by atoms with Gasteiger partial charge in [0.1, 0.15) is 5.65 Å². The SMILES string of the molecule is C[C@@H]1CCN(C(=O)CC(c2cccs2)N2CCS(=O)(=O)CC2)C[C@@H]1n1ccc2cnc3[nH]ccc3c21. The quantitative estimate of drug-likeness (QED) is 0.427. The summed E-state index contributed by atoms with van der Waals surface area (Å²) in [5.74, 6) is 0.904. The first-order valence-electron chi connectivity index (χ1n) is 12.6. The average molecular weight is 526 g/mol. The van der Waals surface area contributed by atoms with Crippen LogP contribution in [-0.4, -0.2) is 76.3 Å². The minimum Gasteiger partial charge on any atom is -0.346 e. The number of hydrogen-bond acceptors (Lipinski definition) is 6. The highest BCUT2D eigenvalue weighted by Gasteiger charge is 2.35. The van der Waals surface area contributed by atoms with Gasteiger partial charge in [-0.3, -0.25) is 9.69 Å². The van der Waals surface area contributed by atoms with Crippen LogP contribution >= 0.6 is 11.3 Å². The van der Waals surface area contributed by atoms with E-state index in [9.17, 15) is 13.2 Å². The van der Waals surface area contributed by atoms with Gasteiger partial charge < -0.3 is 14.5 Å². The van der Waals surface area contributed by atoms with Crippen LogP contribution in [0.5, 0.6) is 0 Å². The number of aromatic amines is 1. The van der Waals surface area contributed by atoms with Crippen molar-refractivity contribution < 1.29 is 13.2 Å². The Morgan fingerprint density at radius 2 is 2.06 bits per heavy atom. The highest BCUT2D eigenvalue weighted by molar-refractivity contribution is 7.91. The second-order valence-electron chi connectivity index (χ2n) is 10.1. The van der Waals surface area contributed by atoms with Gasteiger partial charge in [0, 0.05) is 66.8 Å². The van der Waals surface area contributed by atoms with E-state index in [2.05, 4.69) is 50.8 Å². The van der Waals surface area contributed by atoms with Crippen molar-refractivity contribution in [2.24, 2.45) is 5.92 Å². The lowest BCUT2D eigenvalue weighted by Gasteiger charge is -2.40. The normalized spacial score (nSPS) is 23.9. The number of aromatic nitrogens is 3. The lowest BCUT2D eigenvalue weighted by molar-refractivity contribution is -0.134. The summed E-state index contributed by atoms with van der Waals surface area (Å²) in [5.41, 5.74) is 2.04. The topological polar surface area (TPSA) is 91.3 Å². The molecule has 6 heterocycles. The first-order valence-corrected chi connectivity index (χ1v) is 15.3. The van der Waals surface area contributed by atoms with Crippen LogP contribution in [0.4, 0.5) is 0 Å². The lowest BCUT2D eigenvalue weighted by atomic mass is 9.92. The van der Waals surface area contributed by atoms with E-state index in [-0.39, 0.29) is 29.5 Å². The highest BCUT2D eigenvalue weighted by atomic mass is 32.2. The molecule has 2 saturated heterocycles. The number of amides is 1. The second kappa shape index (κ2) is 9.32. The van der Waals surface area contributed by atoms with Crippen molar-refractivity contribution in [2.75, 3.05) is 37.7 Å². The minimum atomic E-state index is -2.98. The summed E-state index contributed by atoms with van der Waals surface area (Å²) in [5, 5.41) is 4.24. The molecule has 4 aromatic heterocycles. The maximum atomic E-state index is 13.7. The van der Waals surface area contributed by atoms with Crippen LogP contribution in [0.3, 0.4) is 0 Å². The molecule has 2 aliphatic rings. The second-order valence-corrected chi connectivity index (χ2v) is 13.4. The summed E-state index contributed by atoms with van der Waals surface area (Å²) >= 11 is 1.64. The molecule has 0 aliphatic carbocycles. The maximum absolute atomic E-state index is 13.7. The Morgan fingerprint density at radius 3 is 2.83 bits per heavy atom. The van der Waals surface area contributed by atoms with Crippen molar-refractivity contribution in [3.63, 3.8) is 0 Å². The monoisotopic (exact) mass is 525 g/mol. The number of piperidine rings is 1. The van der Waals surface area contributed by atoms with Crippen LogP contribution < -0.4 is 0 Å². The number of nitrogens with zero attached hydrogens (tertiary/aromatic N) is 4. The number of thiophene rings is 1. The van der Waals surface area contributed by atoms with E-state index in [0.29, 0.717) is 32.0 Å². The Kier molecular flexibility index (Phi) is 6.13. The van der Waals surface area contributed by atoms with Crippen molar-refractivity contribution in [3.8, 4) is 0 Å². The van der Waals surface area contributed by atoms with Gasteiger partial charge in [-0.1, -0.05) is 13.0 Å². The van der Waals surface area contributed by atoms with E-state index in [1.165, 1.54) is 5.52 Å². The number of pyridine rings is 1. The van der Waals surface area contributed by atoms with E-state index in [0.717, 1.165) is 34.3 Å². The van der Waals surface area contributed by atoms with E-state index >= 15 is 0 Å². The van der Waals surface area contributed by atoms with Crippen molar-refractivity contribution in [1.29, 1.82) is 0 Å². The van der Waals surface area contributed by atoms with Crippen LogP contribution in [0.1, 0.15) is 36.7 Å². The number of carbonyl (C=O) groups is 1. The molecule has 2 fully saturated rings. The van der Waals surface area contributed by atoms with Gasteiger partial charge in [0.2, 0.25) is 5.91 Å². The molecule has 3 atom stereocenters. The molecule has 0 bridgehead atoms. The molecular formula is C26H31N5O3S2. The van der Waals surface area contributed by atoms with Crippen LogP contribution in [0.15, 0.2) is 48.2 Å². The smallest absolute Gasteiger partial charge is 0.224 e. The van der Waals surface area contributed by atoms with Gasteiger partial charge in [-0.2, -0.15) is 0 Å². The van der Waals surface area contributed by atoms with Gasteiger partial charge >= 0.3 is 0 Å². The van der Waals surface area contributed by atoms with E-state index in [4.69, 9.17) is 0 Å². The molecule has 0 aromatic carbocycles. The Balaban J connectivity index is 1.24. The lowest BCUT2D eigenvalue weighted by Crippen LogP contribution is -2.47. The van der Waals surface area contributed by atoms with Crippen LogP contribution in [-0.2, 0) is 14.6 Å². The van der Waals surface area contributed by atoms with Crippen molar-refractivity contribution >= 4 is 49.0 Å². The summed E-state index contributed by atoms with van der Waals surface area (Å²) in [6, 6.07) is 8.35. The number of carbonyl (C=O) groups excluding carboxylic acids is 1. The summed E-state index contributed by atoms with van der Waals surface area (Å²) in [4.78, 5) is 26.8. The Hall–Kier alpha value is -2.69. The fourth-order valence-electron chi connectivity index (χ4n) is 5.79. The average Bonchev–Trinajstić information content (AvgIpc) is 3.63. The molecule has 1 unspecified atom stereocenters. The third-order valence-corrected chi connectivity index (χ3v) is 10.5. The van der Waals surface area contributed by atoms with E-state index < -0.39 is 9.84 Å². The predicted octanol–water partition coefficient (Wildman–Crippen LogP) is 3.85. The molecule has 4 aromatic rings. The Labute approximate surface area is 214 Å². The molecule has 8 nitrogen and oxygen atoms in total. The predicted molar refractivity (Wildman–Crippen MR) is 143 cm³/mol. The standard InChI is InChI=1S/C26H31N5O3S2/c1-18-5-8-30(17-22(18)31-9-6-19-16-28-26-20(25(19)31)4-7-27-26)24(32)15-21(23-3-2-12-35-23)29-10-13-36(33,34)14-11-29/h2-4,6-7,9,12,16,18,21-22H,5,8,10-11,13-15,17H2,1H3,(H,27,28)/t18-,21?,22+/m1/s1. The zero-order chi connectivity index (χ0) is 24.9. The molecule has 0 saturated carbocycles. The van der Waals surface area contributed by atoms with Gasteiger partial charge in [0.05, 0.1) is 29.1 Å². The maximum Gasteiger partial charge on any atom is 0.224 e. The highest BCUT2D eigenvalue weighted by Crippen LogP contribution is 2.35.